The predicted molar refractivity (Wildman–Crippen MR) is 68.6 cm³/mol. The summed E-state index contributed by atoms with van der Waals surface area (Å²) in [6, 6.07) is 8.07. The Morgan fingerprint density at radius 2 is 2.18 bits per heavy atom. The molecule has 0 N–H and O–H groups in total. The number of thiazole rings is 1. The molecule has 90 valence electrons. The van der Waals surface area contributed by atoms with Gasteiger partial charge in [-0.25, -0.2) is 4.98 Å². The number of hydrogen-bond donors (Lipinski definition) is 0. The molecule has 0 amide bonds. The molecule has 2 aromatic rings. The standard InChI is InChI=1S/C13H15NO2S/c1-15-8-11-9-17-13(14-11)7-10-4-3-5-12(6-10)16-2/h3-6,9H,7-8H2,1-2H3. The maximum absolute atomic E-state index is 5.20. The minimum absolute atomic E-state index is 0.578. The van der Waals surface area contributed by atoms with E-state index < -0.39 is 0 Å². The topological polar surface area (TPSA) is 31.4 Å². The summed E-state index contributed by atoms with van der Waals surface area (Å²) in [6.07, 6.45) is 0.839. The molecule has 1 aromatic heterocycles. The molecule has 4 heteroatoms. The third kappa shape index (κ3) is 3.28. The molecule has 0 spiro atoms. The van der Waals surface area contributed by atoms with Gasteiger partial charge in [0.25, 0.3) is 0 Å². The van der Waals surface area contributed by atoms with Crippen molar-refractivity contribution in [1.29, 1.82) is 0 Å². The predicted octanol–water partition coefficient (Wildman–Crippen LogP) is 2.89. The Kier molecular flexibility index (Phi) is 4.12. The minimum Gasteiger partial charge on any atom is -0.497 e. The summed E-state index contributed by atoms with van der Waals surface area (Å²) < 4.78 is 10.3. The first-order chi connectivity index (χ1) is 8.31. The smallest absolute Gasteiger partial charge is 0.119 e. The van der Waals surface area contributed by atoms with Gasteiger partial charge in [0.2, 0.25) is 0 Å². The number of hydrogen-bond acceptors (Lipinski definition) is 4. The Hall–Kier alpha value is -1.39. The Bertz CT molecular complexity index is 482. The zero-order valence-electron chi connectivity index (χ0n) is 9.97. The largest absolute Gasteiger partial charge is 0.497 e. The monoisotopic (exact) mass is 249 g/mol. The van der Waals surface area contributed by atoms with Crippen molar-refractivity contribution in [3.8, 4) is 5.75 Å². The molecule has 0 unspecified atom stereocenters. The number of methoxy groups -OCH3 is 2. The van der Waals surface area contributed by atoms with Crippen molar-refractivity contribution >= 4 is 11.3 Å². The van der Waals surface area contributed by atoms with Gasteiger partial charge in [-0.05, 0) is 17.7 Å². The maximum Gasteiger partial charge on any atom is 0.119 e. The lowest BCUT2D eigenvalue weighted by Crippen LogP contribution is -1.91. The highest BCUT2D eigenvalue weighted by Gasteiger charge is 2.03. The fourth-order valence-electron chi connectivity index (χ4n) is 1.60. The summed E-state index contributed by atoms with van der Waals surface area (Å²) in [4.78, 5) is 4.50. The zero-order chi connectivity index (χ0) is 12.1. The molecule has 3 nitrogen and oxygen atoms in total. The van der Waals surface area contributed by atoms with Crippen molar-refractivity contribution in [2.45, 2.75) is 13.0 Å². The van der Waals surface area contributed by atoms with Gasteiger partial charge in [0.15, 0.2) is 0 Å². The first-order valence-corrected chi connectivity index (χ1v) is 6.25. The molecule has 0 aliphatic rings. The summed E-state index contributed by atoms with van der Waals surface area (Å²) in [5.41, 5.74) is 2.21. The highest BCUT2D eigenvalue weighted by Crippen LogP contribution is 2.18. The molecular weight excluding hydrogens is 234 g/mol. The quantitative estimate of drug-likeness (QED) is 0.816. The summed E-state index contributed by atoms with van der Waals surface area (Å²) in [7, 11) is 3.36. The van der Waals surface area contributed by atoms with Gasteiger partial charge in [-0.2, -0.15) is 0 Å². The van der Waals surface area contributed by atoms with Crippen molar-refractivity contribution < 1.29 is 9.47 Å². The number of nitrogens with zero attached hydrogens (tertiary/aromatic N) is 1. The van der Waals surface area contributed by atoms with Crippen LogP contribution in [0.2, 0.25) is 0 Å². The molecule has 0 saturated heterocycles. The number of aromatic nitrogens is 1. The molecule has 0 atom stereocenters. The second kappa shape index (κ2) is 5.80. The molecule has 0 aliphatic heterocycles. The first-order valence-electron chi connectivity index (χ1n) is 5.37. The fraction of sp³-hybridized carbons (Fsp3) is 0.308. The Labute approximate surface area is 105 Å². The zero-order valence-corrected chi connectivity index (χ0v) is 10.8. The van der Waals surface area contributed by atoms with E-state index in [0.717, 1.165) is 22.9 Å². The Morgan fingerprint density at radius 3 is 2.94 bits per heavy atom. The van der Waals surface area contributed by atoms with Crippen molar-refractivity contribution in [1.82, 2.24) is 4.98 Å². The summed E-state index contributed by atoms with van der Waals surface area (Å²) >= 11 is 1.67. The van der Waals surface area contributed by atoms with Crippen LogP contribution in [0.25, 0.3) is 0 Å². The molecule has 0 bridgehead atoms. The second-order valence-electron chi connectivity index (χ2n) is 3.69. The third-order valence-electron chi connectivity index (χ3n) is 2.38. The van der Waals surface area contributed by atoms with Crippen molar-refractivity contribution in [2.75, 3.05) is 14.2 Å². The molecular formula is C13H15NO2S. The minimum atomic E-state index is 0.578. The number of rotatable bonds is 5. The van der Waals surface area contributed by atoms with Crippen LogP contribution in [0.3, 0.4) is 0 Å². The van der Waals surface area contributed by atoms with Crippen LogP contribution >= 0.6 is 11.3 Å². The first kappa shape index (κ1) is 12.1. The van der Waals surface area contributed by atoms with Crippen LogP contribution in [-0.2, 0) is 17.8 Å². The Morgan fingerprint density at radius 1 is 1.29 bits per heavy atom. The van der Waals surface area contributed by atoms with E-state index in [2.05, 4.69) is 11.1 Å². The van der Waals surface area contributed by atoms with Crippen LogP contribution < -0.4 is 4.74 Å². The molecule has 1 heterocycles. The lowest BCUT2D eigenvalue weighted by Gasteiger charge is -2.02. The van der Waals surface area contributed by atoms with E-state index in [1.54, 1.807) is 25.6 Å². The normalized spacial score (nSPS) is 10.5. The molecule has 0 fully saturated rings. The van der Waals surface area contributed by atoms with Gasteiger partial charge in [0.1, 0.15) is 5.75 Å². The average Bonchev–Trinajstić information content (AvgIpc) is 2.77. The van der Waals surface area contributed by atoms with Crippen LogP contribution in [0.15, 0.2) is 29.6 Å². The van der Waals surface area contributed by atoms with E-state index in [4.69, 9.17) is 9.47 Å². The highest BCUT2D eigenvalue weighted by molar-refractivity contribution is 7.09. The fourth-order valence-corrected chi connectivity index (χ4v) is 2.41. The average molecular weight is 249 g/mol. The highest BCUT2D eigenvalue weighted by atomic mass is 32.1. The second-order valence-corrected chi connectivity index (χ2v) is 4.64. The van der Waals surface area contributed by atoms with E-state index in [9.17, 15) is 0 Å². The van der Waals surface area contributed by atoms with Gasteiger partial charge in [0, 0.05) is 18.9 Å². The Balaban J connectivity index is 2.08. The van der Waals surface area contributed by atoms with E-state index in [1.165, 1.54) is 5.56 Å². The summed E-state index contributed by atoms with van der Waals surface area (Å²) in [5.74, 6) is 0.885. The van der Waals surface area contributed by atoms with Crippen molar-refractivity contribution in [3.05, 3.63) is 45.9 Å². The molecule has 1 aromatic carbocycles. The molecule has 17 heavy (non-hydrogen) atoms. The van der Waals surface area contributed by atoms with Crippen LogP contribution in [0.1, 0.15) is 16.3 Å². The number of benzene rings is 1. The van der Waals surface area contributed by atoms with E-state index >= 15 is 0 Å². The van der Waals surface area contributed by atoms with Crippen molar-refractivity contribution in [2.24, 2.45) is 0 Å². The lowest BCUT2D eigenvalue weighted by atomic mass is 10.1. The maximum atomic E-state index is 5.20. The molecule has 2 rings (SSSR count). The SMILES string of the molecule is COCc1csc(Cc2cccc(OC)c2)n1. The van der Waals surface area contributed by atoms with Crippen LogP contribution in [0.4, 0.5) is 0 Å². The van der Waals surface area contributed by atoms with Crippen LogP contribution in [0, 0.1) is 0 Å². The summed E-state index contributed by atoms with van der Waals surface area (Å²) in [5, 5.41) is 3.14. The molecule has 0 saturated carbocycles. The van der Waals surface area contributed by atoms with Gasteiger partial charge in [0.05, 0.1) is 24.4 Å². The van der Waals surface area contributed by atoms with Gasteiger partial charge in [-0.3, -0.25) is 0 Å². The van der Waals surface area contributed by atoms with Gasteiger partial charge in [-0.15, -0.1) is 11.3 Å². The lowest BCUT2D eigenvalue weighted by molar-refractivity contribution is 0.182. The number of ether oxygens (including phenoxy) is 2. The van der Waals surface area contributed by atoms with Crippen molar-refractivity contribution in [3.63, 3.8) is 0 Å². The third-order valence-corrected chi connectivity index (χ3v) is 3.28. The van der Waals surface area contributed by atoms with E-state index in [1.807, 2.05) is 23.6 Å². The van der Waals surface area contributed by atoms with E-state index in [0.29, 0.717) is 6.61 Å². The van der Waals surface area contributed by atoms with Gasteiger partial charge in [-0.1, -0.05) is 12.1 Å². The van der Waals surface area contributed by atoms with E-state index in [-0.39, 0.29) is 0 Å². The van der Waals surface area contributed by atoms with Crippen LogP contribution in [-0.4, -0.2) is 19.2 Å². The van der Waals surface area contributed by atoms with Gasteiger partial charge >= 0.3 is 0 Å². The molecule has 0 radical (unpaired) electrons. The van der Waals surface area contributed by atoms with Crippen LogP contribution in [0.5, 0.6) is 5.75 Å². The summed E-state index contributed by atoms with van der Waals surface area (Å²) in [6.45, 7) is 0.578. The molecule has 0 aliphatic carbocycles. The van der Waals surface area contributed by atoms with Gasteiger partial charge < -0.3 is 9.47 Å².